The number of rotatable bonds is 8. The SMILES string of the molecule is CCCN(CCC)CCc1ccccc1C(=O)O. The summed E-state index contributed by atoms with van der Waals surface area (Å²) >= 11 is 0. The molecule has 0 unspecified atom stereocenters. The molecule has 3 heteroatoms. The zero-order valence-electron chi connectivity index (χ0n) is 11.4. The van der Waals surface area contributed by atoms with Gasteiger partial charge in [-0.15, -0.1) is 0 Å². The molecule has 0 aliphatic heterocycles. The normalized spacial score (nSPS) is 10.8. The lowest BCUT2D eigenvalue weighted by Gasteiger charge is -2.21. The quantitative estimate of drug-likeness (QED) is 0.769. The molecule has 1 aromatic carbocycles. The maximum Gasteiger partial charge on any atom is 0.335 e. The molecule has 0 amide bonds. The van der Waals surface area contributed by atoms with E-state index in [0.717, 1.165) is 44.5 Å². The Labute approximate surface area is 109 Å². The van der Waals surface area contributed by atoms with E-state index < -0.39 is 5.97 Å². The van der Waals surface area contributed by atoms with E-state index in [1.165, 1.54) is 0 Å². The van der Waals surface area contributed by atoms with Crippen LogP contribution in [0.15, 0.2) is 24.3 Å². The third-order valence-electron chi connectivity index (χ3n) is 3.02. The van der Waals surface area contributed by atoms with E-state index in [-0.39, 0.29) is 0 Å². The Balaban J connectivity index is 2.63. The number of aromatic carboxylic acids is 1. The lowest BCUT2D eigenvalue weighted by Crippen LogP contribution is -2.28. The molecule has 0 saturated heterocycles. The molecule has 0 aliphatic rings. The summed E-state index contributed by atoms with van der Waals surface area (Å²) in [5.41, 5.74) is 1.37. The van der Waals surface area contributed by atoms with Gasteiger partial charge < -0.3 is 10.0 Å². The van der Waals surface area contributed by atoms with Crippen molar-refractivity contribution in [1.82, 2.24) is 4.90 Å². The third kappa shape index (κ3) is 4.49. The van der Waals surface area contributed by atoms with Crippen molar-refractivity contribution in [3.63, 3.8) is 0 Å². The summed E-state index contributed by atoms with van der Waals surface area (Å²) in [5.74, 6) is -0.830. The Morgan fingerprint density at radius 2 is 1.72 bits per heavy atom. The predicted molar refractivity (Wildman–Crippen MR) is 74.1 cm³/mol. The molecule has 0 spiro atoms. The van der Waals surface area contributed by atoms with Crippen LogP contribution in [0.5, 0.6) is 0 Å². The van der Waals surface area contributed by atoms with E-state index in [1.54, 1.807) is 12.1 Å². The van der Waals surface area contributed by atoms with Gasteiger partial charge in [0.05, 0.1) is 5.56 Å². The number of hydrogen-bond acceptors (Lipinski definition) is 2. The van der Waals surface area contributed by atoms with Gasteiger partial charge in [-0.25, -0.2) is 4.79 Å². The first-order valence-electron chi connectivity index (χ1n) is 6.72. The van der Waals surface area contributed by atoms with Crippen molar-refractivity contribution < 1.29 is 9.90 Å². The number of carbonyl (C=O) groups is 1. The van der Waals surface area contributed by atoms with Gasteiger partial charge in [-0.05, 0) is 44.0 Å². The lowest BCUT2D eigenvalue weighted by atomic mass is 10.0. The fourth-order valence-electron chi connectivity index (χ4n) is 2.19. The number of nitrogens with zero attached hydrogens (tertiary/aromatic N) is 1. The van der Waals surface area contributed by atoms with Crippen LogP contribution < -0.4 is 0 Å². The Hall–Kier alpha value is -1.35. The first-order valence-corrected chi connectivity index (χ1v) is 6.72. The van der Waals surface area contributed by atoms with Crippen LogP contribution in [-0.2, 0) is 6.42 Å². The third-order valence-corrected chi connectivity index (χ3v) is 3.02. The molecule has 0 heterocycles. The van der Waals surface area contributed by atoms with Crippen molar-refractivity contribution in [1.29, 1.82) is 0 Å². The second-order valence-corrected chi connectivity index (χ2v) is 4.55. The van der Waals surface area contributed by atoms with Crippen LogP contribution in [0.3, 0.4) is 0 Å². The zero-order valence-corrected chi connectivity index (χ0v) is 11.4. The summed E-state index contributed by atoms with van der Waals surface area (Å²) in [6, 6.07) is 7.29. The number of hydrogen-bond donors (Lipinski definition) is 1. The van der Waals surface area contributed by atoms with Crippen molar-refractivity contribution in [3.05, 3.63) is 35.4 Å². The topological polar surface area (TPSA) is 40.5 Å². The van der Waals surface area contributed by atoms with E-state index in [4.69, 9.17) is 5.11 Å². The molecule has 1 aromatic rings. The largest absolute Gasteiger partial charge is 0.478 e. The molecule has 0 atom stereocenters. The summed E-state index contributed by atoms with van der Waals surface area (Å²) in [7, 11) is 0. The molecule has 18 heavy (non-hydrogen) atoms. The van der Waals surface area contributed by atoms with Gasteiger partial charge in [0.15, 0.2) is 0 Å². The van der Waals surface area contributed by atoms with Crippen molar-refractivity contribution in [2.24, 2.45) is 0 Å². The highest BCUT2D eigenvalue weighted by Gasteiger charge is 2.10. The van der Waals surface area contributed by atoms with E-state index >= 15 is 0 Å². The average molecular weight is 249 g/mol. The number of carboxylic acids is 1. The average Bonchev–Trinajstić information content (AvgIpc) is 2.36. The van der Waals surface area contributed by atoms with Crippen LogP contribution in [-0.4, -0.2) is 35.6 Å². The highest BCUT2D eigenvalue weighted by Crippen LogP contribution is 2.10. The molecule has 1 rings (SSSR count). The summed E-state index contributed by atoms with van der Waals surface area (Å²) in [6.07, 6.45) is 3.09. The van der Waals surface area contributed by atoms with Crippen LogP contribution in [0.1, 0.15) is 42.6 Å². The first-order chi connectivity index (χ1) is 8.69. The second-order valence-electron chi connectivity index (χ2n) is 4.55. The summed E-state index contributed by atoms with van der Waals surface area (Å²) in [6.45, 7) is 7.46. The van der Waals surface area contributed by atoms with E-state index in [2.05, 4.69) is 18.7 Å². The van der Waals surface area contributed by atoms with E-state index in [0.29, 0.717) is 5.56 Å². The minimum atomic E-state index is -0.830. The maximum absolute atomic E-state index is 11.1. The standard InChI is InChI=1S/C15H23NO2/c1-3-10-16(11-4-2)12-9-13-7-5-6-8-14(13)15(17)18/h5-8H,3-4,9-12H2,1-2H3,(H,17,18). The van der Waals surface area contributed by atoms with Crippen molar-refractivity contribution >= 4 is 5.97 Å². The smallest absolute Gasteiger partial charge is 0.335 e. The van der Waals surface area contributed by atoms with Gasteiger partial charge in [0, 0.05) is 6.54 Å². The van der Waals surface area contributed by atoms with Crippen LogP contribution in [0.4, 0.5) is 0 Å². The van der Waals surface area contributed by atoms with Gasteiger partial charge in [0.2, 0.25) is 0 Å². The molecule has 0 bridgehead atoms. The molecule has 3 nitrogen and oxygen atoms in total. The van der Waals surface area contributed by atoms with Gasteiger partial charge in [-0.2, -0.15) is 0 Å². The molecule has 100 valence electrons. The monoisotopic (exact) mass is 249 g/mol. The van der Waals surface area contributed by atoms with Crippen molar-refractivity contribution in [2.75, 3.05) is 19.6 Å². The van der Waals surface area contributed by atoms with Crippen LogP contribution in [0, 0.1) is 0 Å². The molecule has 0 saturated carbocycles. The molecular formula is C15H23NO2. The van der Waals surface area contributed by atoms with Crippen LogP contribution in [0.2, 0.25) is 0 Å². The number of carboxylic acid groups (broad SMARTS) is 1. The van der Waals surface area contributed by atoms with Crippen molar-refractivity contribution in [2.45, 2.75) is 33.1 Å². The van der Waals surface area contributed by atoms with E-state index in [9.17, 15) is 4.79 Å². The first kappa shape index (κ1) is 14.7. The molecule has 0 aliphatic carbocycles. The van der Waals surface area contributed by atoms with Gasteiger partial charge >= 0.3 is 5.97 Å². The fraction of sp³-hybridized carbons (Fsp3) is 0.533. The maximum atomic E-state index is 11.1. The van der Waals surface area contributed by atoms with Gasteiger partial charge in [-0.3, -0.25) is 0 Å². The highest BCUT2D eigenvalue weighted by molar-refractivity contribution is 5.89. The van der Waals surface area contributed by atoms with Crippen LogP contribution in [0.25, 0.3) is 0 Å². The summed E-state index contributed by atoms with van der Waals surface area (Å²) in [5, 5.41) is 9.12. The Morgan fingerprint density at radius 1 is 1.11 bits per heavy atom. The van der Waals surface area contributed by atoms with E-state index in [1.807, 2.05) is 12.1 Å². The molecule has 0 radical (unpaired) electrons. The van der Waals surface area contributed by atoms with Gasteiger partial charge in [0.1, 0.15) is 0 Å². The minimum Gasteiger partial charge on any atom is -0.478 e. The summed E-state index contributed by atoms with van der Waals surface area (Å²) in [4.78, 5) is 13.5. The zero-order chi connectivity index (χ0) is 13.4. The Kier molecular flexibility index (Phi) is 6.44. The predicted octanol–water partition coefficient (Wildman–Crippen LogP) is 3.05. The molecule has 0 fully saturated rings. The van der Waals surface area contributed by atoms with Gasteiger partial charge in [-0.1, -0.05) is 32.0 Å². The molecule has 1 N–H and O–H groups in total. The molecule has 0 aromatic heterocycles. The minimum absolute atomic E-state index is 0.436. The Morgan fingerprint density at radius 3 is 2.28 bits per heavy atom. The van der Waals surface area contributed by atoms with Gasteiger partial charge in [0.25, 0.3) is 0 Å². The second kappa shape index (κ2) is 7.88. The van der Waals surface area contributed by atoms with Crippen molar-refractivity contribution in [3.8, 4) is 0 Å². The van der Waals surface area contributed by atoms with Crippen LogP contribution >= 0.6 is 0 Å². The molecular weight excluding hydrogens is 226 g/mol. The fourth-order valence-corrected chi connectivity index (χ4v) is 2.19. The summed E-state index contributed by atoms with van der Waals surface area (Å²) < 4.78 is 0. The highest BCUT2D eigenvalue weighted by atomic mass is 16.4. The number of benzene rings is 1. The Bertz CT molecular complexity index is 371. The lowest BCUT2D eigenvalue weighted by molar-refractivity contribution is 0.0695.